The monoisotopic (exact) mass is 329 g/mol. The molecule has 0 fully saturated rings. The standard InChI is InChI=1S/C21H19N3O/c25-21(24-20-11-4-10-19-17(20)8-5-13-22-19)12-3-6-15-14-23-18-9-2-1-7-16(15)18/h1-2,4-5,7-11,13-14,23H,3,6,12H2,(H,24,25). The van der Waals surface area contributed by atoms with E-state index in [9.17, 15) is 4.79 Å². The molecule has 0 bridgehead atoms. The quantitative estimate of drug-likeness (QED) is 0.558. The number of amides is 1. The van der Waals surface area contributed by atoms with E-state index in [0.29, 0.717) is 6.42 Å². The minimum Gasteiger partial charge on any atom is -0.361 e. The number of aromatic amines is 1. The number of nitrogens with one attached hydrogen (secondary N) is 2. The summed E-state index contributed by atoms with van der Waals surface area (Å²) in [5.74, 6) is 0.0381. The van der Waals surface area contributed by atoms with Crippen LogP contribution in [0.15, 0.2) is 67.0 Å². The number of anilines is 1. The van der Waals surface area contributed by atoms with Gasteiger partial charge in [-0.05, 0) is 48.7 Å². The van der Waals surface area contributed by atoms with E-state index in [1.807, 2.05) is 48.7 Å². The van der Waals surface area contributed by atoms with Gasteiger partial charge in [0.2, 0.25) is 5.91 Å². The van der Waals surface area contributed by atoms with Crippen LogP contribution in [-0.2, 0) is 11.2 Å². The SMILES string of the molecule is O=C(CCCc1c[nH]c2ccccc12)Nc1cccc2ncccc12. The van der Waals surface area contributed by atoms with Crippen molar-refractivity contribution in [3.8, 4) is 0 Å². The van der Waals surface area contributed by atoms with Crippen LogP contribution in [0.5, 0.6) is 0 Å². The van der Waals surface area contributed by atoms with Crippen LogP contribution in [0.25, 0.3) is 21.8 Å². The first kappa shape index (κ1) is 15.4. The van der Waals surface area contributed by atoms with Gasteiger partial charge in [0.1, 0.15) is 0 Å². The predicted molar refractivity (Wildman–Crippen MR) is 102 cm³/mol. The summed E-state index contributed by atoms with van der Waals surface area (Å²) in [6, 6.07) is 17.9. The number of carbonyl (C=O) groups is 1. The maximum atomic E-state index is 12.3. The van der Waals surface area contributed by atoms with E-state index < -0.39 is 0 Å². The lowest BCUT2D eigenvalue weighted by molar-refractivity contribution is -0.116. The van der Waals surface area contributed by atoms with Crippen molar-refractivity contribution in [2.24, 2.45) is 0 Å². The fourth-order valence-corrected chi connectivity index (χ4v) is 3.20. The highest BCUT2D eigenvalue weighted by atomic mass is 16.1. The van der Waals surface area contributed by atoms with Gasteiger partial charge in [-0.15, -0.1) is 0 Å². The van der Waals surface area contributed by atoms with E-state index in [1.165, 1.54) is 10.9 Å². The minimum absolute atomic E-state index is 0.0381. The van der Waals surface area contributed by atoms with Crippen molar-refractivity contribution in [3.63, 3.8) is 0 Å². The predicted octanol–water partition coefficient (Wildman–Crippen LogP) is 4.68. The highest BCUT2D eigenvalue weighted by molar-refractivity contribution is 6.00. The lowest BCUT2D eigenvalue weighted by Gasteiger charge is -2.08. The van der Waals surface area contributed by atoms with Gasteiger partial charge in [0, 0.05) is 35.1 Å². The molecule has 0 saturated heterocycles. The van der Waals surface area contributed by atoms with Crippen molar-refractivity contribution in [2.75, 3.05) is 5.32 Å². The third-order valence-electron chi connectivity index (χ3n) is 4.44. The summed E-state index contributed by atoms with van der Waals surface area (Å²) in [7, 11) is 0. The number of fused-ring (bicyclic) bond motifs is 2. The van der Waals surface area contributed by atoms with Gasteiger partial charge in [-0.2, -0.15) is 0 Å². The molecule has 2 aromatic heterocycles. The number of pyridine rings is 1. The van der Waals surface area contributed by atoms with Crippen molar-refractivity contribution >= 4 is 33.4 Å². The molecule has 2 N–H and O–H groups in total. The van der Waals surface area contributed by atoms with Crippen LogP contribution in [0.3, 0.4) is 0 Å². The molecular formula is C21H19N3O. The summed E-state index contributed by atoms with van der Waals surface area (Å²) in [5, 5.41) is 5.22. The highest BCUT2D eigenvalue weighted by Gasteiger charge is 2.08. The van der Waals surface area contributed by atoms with E-state index >= 15 is 0 Å². The molecule has 0 atom stereocenters. The third kappa shape index (κ3) is 3.24. The Morgan fingerprint density at radius 1 is 1.00 bits per heavy atom. The zero-order valence-corrected chi connectivity index (χ0v) is 13.8. The molecule has 4 aromatic rings. The third-order valence-corrected chi connectivity index (χ3v) is 4.44. The second-order valence-electron chi connectivity index (χ2n) is 6.14. The molecule has 0 spiro atoms. The number of benzene rings is 2. The topological polar surface area (TPSA) is 57.8 Å². The van der Waals surface area contributed by atoms with E-state index in [0.717, 1.165) is 34.9 Å². The summed E-state index contributed by atoms with van der Waals surface area (Å²) in [4.78, 5) is 19.9. The molecule has 0 radical (unpaired) electrons. The molecule has 2 aromatic carbocycles. The molecule has 0 aliphatic rings. The van der Waals surface area contributed by atoms with Crippen molar-refractivity contribution in [1.82, 2.24) is 9.97 Å². The Labute approximate surface area is 145 Å². The van der Waals surface area contributed by atoms with Crippen LogP contribution in [0.2, 0.25) is 0 Å². The summed E-state index contributed by atoms with van der Waals surface area (Å²) in [6.07, 6.45) is 6.00. The Balaban J connectivity index is 1.39. The molecule has 1 amide bonds. The average molecular weight is 329 g/mol. The first-order valence-electron chi connectivity index (χ1n) is 8.50. The van der Waals surface area contributed by atoms with Gasteiger partial charge in [-0.1, -0.05) is 24.3 Å². The molecule has 0 saturated carbocycles. The first-order valence-corrected chi connectivity index (χ1v) is 8.50. The Bertz CT molecular complexity index is 1030. The van der Waals surface area contributed by atoms with Crippen LogP contribution in [-0.4, -0.2) is 15.9 Å². The lowest BCUT2D eigenvalue weighted by Crippen LogP contribution is -2.11. The maximum Gasteiger partial charge on any atom is 0.224 e. The molecule has 0 aliphatic carbocycles. The lowest BCUT2D eigenvalue weighted by atomic mass is 10.1. The molecule has 124 valence electrons. The van der Waals surface area contributed by atoms with Crippen molar-refractivity contribution in [1.29, 1.82) is 0 Å². The van der Waals surface area contributed by atoms with Crippen molar-refractivity contribution in [2.45, 2.75) is 19.3 Å². The summed E-state index contributed by atoms with van der Waals surface area (Å²) in [5.41, 5.74) is 4.12. The number of carbonyl (C=O) groups excluding carboxylic acids is 1. The number of hydrogen-bond acceptors (Lipinski definition) is 2. The van der Waals surface area contributed by atoms with Crippen LogP contribution < -0.4 is 5.32 Å². The number of nitrogens with zero attached hydrogens (tertiary/aromatic N) is 1. The summed E-state index contributed by atoms with van der Waals surface area (Å²) in [6.45, 7) is 0. The molecule has 4 nitrogen and oxygen atoms in total. The molecule has 2 heterocycles. The average Bonchev–Trinajstić information content (AvgIpc) is 3.05. The maximum absolute atomic E-state index is 12.3. The molecule has 25 heavy (non-hydrogen) atoms. The van der Waals surface area contributed by atoms with E-state index in [1.54, 1.807) is 6.20 Å². The second kappa shape index (κ2) is 6.77. The minimum atomic E-state index is 0.0381. The zero-order valence-electron chi connectivity index (χ0n) is 13.8. The number of para-hydroxylation sites is 1. The Kier molecular flexibility index (Phi) is 4.17. The Morgan fingerprint density at radius 3 is 2.84 bits per heavy atom. The van der Waals surface area contributed by atoms with Crippen LogP contribution in [0.1, 0.15) is 18.4 Å². The van der Waals surface area contributed by atoms with Crippen molar-refractivity contribution in [3.05, 3.63) is 72.6 Å². The molecule has 0 aliphatic heterocycles. The highest BCUT2D eigenvalue weighted by Crippen LogP contribution is 2.22. The number of aryl methyl sites for hydroxylation is 1. The Morgan fingerprint density at radius 2 is 1.88 bits per heavy atom. The van der Waals surface area contributed by atoms with Gasteiger partial charge in [0.15, 0.2) is 0 Å². The summed E-state index contributed by atoms with van der Waals surface area (Å²) < 4.78 is 0. The normalized spacial score (nSPS) is 11.0. The van der Waals surface area contributed by atoms with Gasteiger partial charge in [-0.3, -0.25) is 9.78 Å². The fraction of sp³-hybridized carbons (Fsp3) is 0.143. The van der Waals surface area contributed by atoms with Crippen molar-refractivity contribution < 1.29 is 4.79 Å². The van der Waals surface area contributed by atoms with E-state index in [-0.39, 0.29) is 5.91 Å². The summed E-state index contributed by atoms with van der Waals surface area (Å²) >= 11 is 0. The number of rotatable bonds is 5. The Hall–Kier alpha value is -3.14. The van der Waals surface area contributed by atoms with Gasteiger partial charge in [0.05, 0.1) is 11.2 Å². The van der Waals surface area contributed by atoms with Gasteiger partial charge in [-0.25, -0.2) is 0 Å². The smallest absolute Gasteiger partial charge is 0.224 e. The zero-order chi connectivity index (χ0) is 17.1. The van der Waals surface area contributed by atoms with Crippen LogP contribution >= 0.6 is 0 Å². The van der Waals surface area contributed by atoms with Gasteiger partial charge >= 0.3 is 0 Å². The molecular weight excluding hydrogens is 310 g/mol. The number of aromatic nitrogens is 2. The first-order chi connectivity index (χ1) is 12.3. The largest absolute Gasteiger partial charge is 0.361 e. The number of H-pyrrole nitrogens is 1. The van der Waals surface area contributed by atoms with E-state index in [4.69, 9.17) is 0 Å². The van der Waals surface area contributed by atoms with Gasteiger partial charge < -0.3 is 10.3 Å². The van der Waals surface area contributed by atoms with Crippen LogP contribution in [0, 0.1) is 0 Å². The molecule has 0 unspecified atom stereocenters. The molecule has 4 rings (SSSR count). The fourth-order valence-electron chi connectivity index (χ4n) is 3.20. The van der Waals surface area contributed by atoms with Gasteiger partial charge in [0.25, 0.3) is 0 Å². The van der Waals surface area contributed by atoms with Crippen LogP contribution in [0.4, 0.5) is 5.69 Å². The molecule has 4 heteroatoms. The second-order valence-corrected chi connectivity index (χ2v) is 6.14. The number of hydrogen-bond donors (Lipinski definition) is 2. The van der Waals surface area contributed by atoms with E-state index in [2.05, 4.69) is 27.4 Å².